The zero-order valence-electron chi connectivity index (χ0n) is 56.4. The summed E-state index contributed by atoms with van der Waals surface area (Å²) in [6.07, 6.45) is 13.3. The molecular formula is C70H95ClN14O11. The number of nitrogens with one attached hydrogen (secondary N) is 2. The minimum atomic E-state index is -0.323. The highest BCUT2D eigenvalue weighted by atomic mass is 35.5. The fraction of sp³-hybridized carbons (Fsp3) is 0.571. The molecule has 5 aliphatic rings. The van der Waals surface area contributed by atoms with E-state index in [0.717, 1.165) is 91.0 Å². The van der Waals surface area contributed by atoms with Crippen LogP contribution >= 0.6 is 11.6 Å². The zero-order chi connectivity index (χ0) is 67.2. The number of nitrogens with zero attached hydrogens (tertiary/aromatic N) is 12. The van der Waals surface area contributed by atoms with Gasteiger partial charge in [0.05, 0.1) is 134 Å². The molecule has 0 unspecified atom stereocenters. The summed E-state index contributed by atoms with van der Waals surface area (Å²) in [6, 6.07) is 20.1. The molecule has 1 aliphatic carbocycles. The van der Waals surface area contributed by atoms with Crippen LogP contribution in [-0.2, 0) is 51.0 Å². The van der Waals surface area contributed by atoms with Crippen molar-refractivity contribution in [3.63, 3.8) is 0 Å². The quantitative estimate of drug-likeness (QED) is 0.0295. The largest absolute Gasteiger partial charge is 0.495 e. The van der Waals surface area contributed by atoms with Crippen LogP contribution in [0, 0.1) is 11.3 Å². The third kappa shape index (κ3) is 18.8. The lowest BCUT2D eigenvalue weighted by molar-refractivity contribution is -0.128. The van der Waals surface area contributed by atoms with Crippen LogP contribution in [0.15, 0.2) is 72.9 Å². The number of carbonyl (C=O) groups excluding carboxylic acids is 3. The number of ether oxygens (including phenoxy) is 8. The van der Waals surface area contributed by atoms with Crippen LogP contribution in [0.5, 0.6) is 11.8 Å². The lowest BCUT2D eigenvalue weighted by atomic mass is 10.0. The zero-order valence-corrected chi connectivity index (χ0v) is 57.1. The summed E-state index contributed by atoms with van der Waals surface area (Å²) < 4.78 is 46.1. The summed E-state index contributed by atoms with van der Waals surface area (Å²) >= 11 is 6.80. The molecule has 25 nitrogen and oxygen atoms in total. The molecule has 2 N–H and O–H groups in total. The number of rotatable bonds is 36. The van der Waals surface area contributed by atoms with Crippen LogP contribution in [0.3, 0.4) is 0 Å². The Morgan fingerprint density at radius 2 is 1.50 bits per heavy atom. The molecule has 3 aromatic carbocycles. The third-order valence-electron chi connectivity index (χ3n) is 18.5. The fourth-order valence-corrected chi connectivity index (χ4v) is 13.5. The van der Waals surface area contributed by atoms with E-state index in [1.165, 1.54) is 0 Å². The van der Waals surface area contributed by atoms with Gasteiger partial charge in [-0.3, -0.25) is 14.4 Å². The number of methoxy groups -OCH3 is 1. The number of likely N-dealkylation sites (tertiary alicyclic amines) is 1. The predicted molar refractivity (Wildman–Crippen MR) is 369 cm³/mol. The highest BCUT2D eigenvalue weighted by Gasteiger charge is 2.42. The monoisotopic (exact) mass is 1340 g/mol. The number of fused-ring (bicyclic) bond motifs is 3. The number of amides is 3. The number of hydrogen-bond donors (Lipinski definition) is 2. The fourth-order valence-electron chi connectivity index (χ4n) is 13.2. The predicted octanol–water partition coefficient (Wildman–Crippen LogP) is 7.31. The highest BCUT2D eigenvalue weighted by molar-refractivity contribution is 6.36. The number of carbonyl (C=O) groups is 3. The Morgan fingerprint density at radius 3 is 2.19 bits per heavy atom. The second-order valence-electron chi connectivity index (χ2n) is 24.8. The van der Waals surface area contributed by atoms with Crippen molar-refractivity contribution in [1.82, 2.24) is 40.0 Å². The Bertz CT molecular complexity index is 3440. The van der Waals surface area contributed by atoms with Crippen molar-refractivity contribution in [2.75, 3.05) is 191 Å². The molecule has 0 radical (unpaired) electrons. The maximum absolute atomic E-state index is 13.7. The SMILES string of the molecule is CC[C@@H]1C(=O)N(C)c2cnc(Nc3ccc(C(=O)NCCOCCOCCOCCOCCOCCOCCN(C)C/C=C/C(=O)N4CCN(c5nc(OC[C@@H]6CCCN6C)nc6c5CCN(c5cccc7cccc(Cl)c57)C6)C[C@@H]4CC#N)cc3OC)nc2N1C1CCCC1. The first-order chi connectivity index (χ1) is 46.9. The van der Waals surface area contributed by atoms with Gasteiger partial charge in [0.25, 0.3) is 5.91 Å². The van der Waals surface area contributed by atoms with Crippen LogP contribution in [0.25, 0.3) is 10.8 Å². The third-order valence-corrected chi connectivity index (χ3v) is 18.8. The first kappa shape index (κ1) is 71.3. The number of nitriles is 1. The molecule has 1 saturated carbocycles. The number of piperazine rings is 1. The Hall–Kier alpha value is -7.51. The van der Waals surface area contributed by atoms with Crippen molar-refractivity contribution in [2.45, 2.75) is 95.4 Å². The van der Waals surface area contributed by atoms with Gasteiger partial charge in [0, 0.05) is 93.2 Å². The van der Waals surface area contributed by atoms with Gasteiger partial charge in [-0.1, -0.05) is 61.7 Å². The molecule has 4 aliphatic heterocycles. The summed E-state index contributed by atoms with van der Waals surface area (Å²) in [4.78, 5) is 74.3. The summed E-state index contributed by atoms with van der Waals surface area (Å²) in [5.41, 5.74) is 4.77. The molecule has 518 valence electrons. The van der Waals surface area contributed by atoms with E-state index in [1.807, 2.05) is 37.1 Å². The van der Waals surface area contributed by atoms with Gasteiger partial charge in [-0.15, -0.1) is 0 Å². The summed E-state index contributed by atoms with van der Waals surface area (Å²) in [6.45, 7) is 13.0. The molecular weight excluding hydrogens is 1250 g/mol. The minimum Gasteiger partial charge on any atom is -0.495 e. The number of likely N-dealkylation sites (N-methyl/N-ethyl adjacent to an activating group) is 3. The van der Waals surface area contributed by atoms with E-state index in [0.29, 0.717) is 190 Å². The van der Waals surface area contributed by atoms with Crippen molar-refractivity contribution in [2.24, 2.45) is 0 Å². The van der Waals surface area contributed by atoms with E-state index < -0.39 is 0 Å². The van der Waals surface area contributed by atoms with Gasteiger partial charge >= 0.3 is 6.01 Å². The van der Waals surface area contributed by atoms with Crippen LogP contribution in [0.1, 0.15) is 79.9 Å². The Kier molecular flexibility index (Phi) is 26.9. The first-order valence-corrected chi connectivity index (χ1v) is 34.4. The molecule has 10 rings (SSSR count). The number of benzene rings is 3. The molecule has 26 heteroatoms. The number of halogens is 1. The molecule has 5 aromatic rings. The Morgan fingerprint density at radius 1 is 0.792 bits per heavy atom. The van der Waals surface area contributed by atoms with Gasteiger partial charge in [0.2, 0.25) is 17.8 Å². The summed E-state index contributed by atoms with van der Waals surface area (Å²) in [5, 5.41) is 19.0. The van der Waals surface area contributed by atoms with Gasteiger partial charge in [-0.05, 0) is 94.9 Å². The summed E-state index contributed by atoms with van der Waals surface area (Å²) in [7, 11) is 7.43. The average molecular weight is 1340 g/mol. The van der Waals surface area contributed by atoms with E-state index in [9.17, 15) is 19.6 Å². The Labute approximate surface area is 569 Å². The molecule has 3 amide bonds. The molecule has 2 saturated heterocycles. The second kappa shape index (κ2) is 36.2. The molecule has 0 bridgehead atoms. The van der Waals surface area contributed by atoms with E-state index in [-0.39, 0.29) is 42.3 Å². The summed E-state index contributed by atoms with van der Waals surface area (Å²) in [5.74, 6) is 2.08. The molecule has 6 heterocycles. The van der Waals surface area contributed by atoms with Gasteiger partial charge in [-0.2, -0.15) is 20.2 Å². The van der Waals surface area contributed by atoms with Crippen LogP contribution in [0.2, 0.25) is 5.02 Å². The van der Waals surface area contributed by atoms with Crippen molar-refractivity contribution in [1.29, 1.82) is 5.26 Å². The molecule has 3 fully saturated rings. The second-order valence-corrected chi connectivity index (χ2v) is 25.2. The molecule has 96 heavy (non-hydrogen) atoms. The standard InChI is InChI=1S/C70H95ClN14O11/c1-6-59-68(88)81(4)61-46-74-69(77-66(61)85(59)52-15-7-8-16-52)75-57-22-21-51(45-62(57)89-5)67(87)73-26-33-90-35-37-92-39-41-94-43-44-95-42-40-93-38-36-91-34-32-79(2)27-12-20-63(86)84-31-30-83(47-53(84)23-25-72)65-55-24-29-82(60-19-10-14-50-13-9-18-56(71)64(50)60)48-58(55)76-70(78-65)96-49-54-17-11-28-80(54)3/h9-10,12-14,18-22,45-46,52-54,59H,6-8,11,15-17,23-24,26-44,47-49H2,1-5H3,(H,73,87)(H,74,75,77)/b20-12+/t53-,54-,59+/m0/s1. The van der Waals surface area contributed by atoms with Crippen molar-refractivity contribution in [3.05, 3.63) is 94.8 Å². The normalized spacial score (nSPS) is 18.4. The van der Waals surface area contributed by atoms with E-state index in [4.69, 9.17) is 64.4 Å². The minimum absolute atomic E-state index is 0.0588. The number of anilines is 6. The number of hydrogen-bond acceptors (Lipinski definition) is 22. The topological polar surface area (TPSA) is 247 Å². The highest BCUT2D eigenvalue weighted by Crippen LogP contribution is 2.42. The maximum Gasteiger partial charge on any atom is 0.318 e. The van der Waals surface area contributed by atoms with Crippen molar-refractivity contribution >= 4 is 74.7 Å². The van der Waals surface area contributed by atoms with Crippen LogP contribution < -0.4 is 39.7 Å². The lowest BCUT2D eigenvalue weighted by Crippen LogP contribution is -2.55. The molecule has 0 spiro atoms. The van der Waals surface area contributed by atoms with Crippen LogP contribution in [-0.4, -0.2) is 243 Å². The maximum atomic E-state index is 13.7. The Balaban J connectivity index is 0.539. The van der Waals surface area contributed by atoms with E-state index >= 15 is 0 Å². The van der Waals surface area contributed by atoms with Crippen molar-refractivity contribution < 1.29 is 52.3 Å². The van der Waals surface area contributed by atoms with Crippen LogP contribution in [0.4, 0.5) is 34.6 Å². The number of aromatic nitrogens is 4. The van der Waals surface area contributed by atoms with Gasteiger partial charge in [-0.25, -0.2) is 4.98 Å². The smallest absolute Gasteiger partial charge is 0.318 e. The average Bonchev–Trinajstić information content (AvgIpc) is 1.11. The van der Waals surface area contributed by atoms with Gasteiger partial charge < -0.3 is 82.8 Å². The van der Waals surface area contributed by atoms with E-state index in [2.05, 4.69) is 77.5 Å². The molecule has 2 aromatic heterocycles. The first-order valence-electron chi connectivity index (χ1n) is 34.0. The van der Waals surface area contributed by atoms with Gasteiger partial charge in [0.15, 0.2) is 5.82 Å². The van der Waals surface area contributed by atoms with Gasteiger partial charge in [0.1, 0.15) is 29.9 Å². The van der Waals surface area contributed by atoms with E-state index in [1.54, 1.807) is 49.5 Å². The molecule has 3 atom stereocenters. The lowest BCUT2D eigenvalue weighted by Gasteiger charge is -2.43. The van der Waals surface area contributed by atoms with Crippen molar-refractivity contribution in [3.8, 4) is 17.8 Å².